The Labute approximate surface area is 164 Å². The number of nitrogens with one attached hydrogen (secondary N) is 1. The van der Waals surface area contributed by atoms with E-state index in [9.17, 15) is 9.59 Å². The van der Waals surface area contributed by atoms with Crippen molar-refractivity contribution >= 4 is 23.0 Å². The van der Waals surface area contributed by atoms with Gasteiger partial charge in [-0.05, 0) is 58.6 Å². The SMILES string of the molecule is CC(C)(C)OC(=O)N1CC2C(C(=O)NC(C)(C)c3noc4ccccc34)[C@H]2C1. The molecule has 7 nitrogen and oxygen atoms in total. The van der Waals surface area contributed by atoms with E-state index in [4.69, 9.17) is 9.26 Å². The summed E-state index contributed by atoms with van der Waals surface area (Å²) < 4.78 is 10.8. The molecule has 150 valence electrons. The lowest BCUT2D eigenvalue weighted by Crippen LogP contribution is -2.44. The van der Waals surface area contributed by atoms with Crippen molar-refractivity contribution in [3.63, 3.8) is 0 Å². The third-order valence-corrected chi connectivity index (χ3v) is 5.55. The Hall–Kier alpha value is -2.57. The highest BCUT2D eigenvalue weighted by atomic mass is 16.6. The smallest absolute Gasteiger partial charge is 0.410 e. The Balaban J connectivity index is 1.38. The minimum Gasteiger partial charge on any atom is -0.444 e. The van der Waals surface area contributed by atoms with E-state index < -0.39 is 11.1 Å². The number of nitrogens with zero attached hydrogens (tertiary/aromatic N) is 2. The van der Waals surface area contributed by atoms with Crippen LogP contribution in [0.2, 0.25) is 0 Å². The Kier molecular flexibility index (Phi) is 4.17. The zero-order chi connectivity index (χ0) is 20.3. The largest absolute Gasteiger partial charge is 0.444 e. The molecular formula is C21H27N3O4. The minimum atomic E-state index is -0.647. The van der Waals surface area contributed by atoms with Gasteiger partial charge in [-0.1, -0.05) is 17.3 Å². The zero-order valence-corrected chi connectivity index (χ0v) is 17.0. The highest BCUT2D eigenvalue weighted by molar-refractivity contribution is 5.86. The van der Waals surface area contributed by atoms with Gasteiger partial charge < -0.3 is 19.5 Å². The molecule has 2 unspecified atom stereocenters. The summed E-state index contributed by atoms with van der Waals surface area (Å²) in [6, 6.07) is 7.63. The van der Waals surface area contributed by atoms with E-state index in [0.717, 1.165) is 11.1 Å². The molecule has 1 aliphatic heterocycles. The minimum absolute atomic E-state index is 0.0101. The van der Waals surface area contributed by atoms with Crippen molar-refractivity contribution in [3.8, 4) is 0 Å². The molecule has 2 aliphatic rings. The molecule has 1 saturated carbocycles. The molecule has 1 aliphatic carbocycles. The van der Waals surface area contributed by atoms with Crippen molar-refractivity contribution in [2.75, 3.05) is 13.1 Å². The molecule has 0 bridgehead atoms. The summed E-state index contributed by atoms with van der Waals surface area (Å²) in [5.74, 6) is 0.363. The Morgan fingerprint density at radius 2 is 1.79 bits per heavy atom. The lowest BCUT2D eigenvalue weighted by atomic mass is 9.96. The number of piperidine rings is 1. The van der Waals surface area contributed by atoms with E-state index in [1.807, 2.05) is 58.9 Å². The van der Waals surface area contributed by atoms with E-state index in [1.165, 1.54) is 0 Å². The van der Waals surface area contributed by atoms with Crippen LogP contribution in [0.5, 0.6) is 0 Å². The van der Waals surface area contributed by atoms with Crippen LogP contribution >= 0.6 is 0 Å². The Morgan fingerprint density at radius 3 is 2.43 bits per heavy atom. The normalized spacial score (nSPS) is 24.2. The van der Waals surface area contributed by atoms with E-state index in [2.05, 4.69) is 10.5 Å². The number of carbonyl (C=O) groups excluding carboxylic acids is 2. The fourth-order valence-electron chi connectivity index (χ4n) is 4.18. The van der Waals surface area contributed by atoms with E-state index >= 15 is 0 Å². The summed E-state index contributed by atoms with van der Waals surface area (Å²) in [6.45, 7) is 10.6. The quantitative estimate of drug-likeness (QED) is 0.876. The second kappa shape index (κ2) is 6.22. The van der Waals surface area contributed by atoms with E-state index in [1.54, 1.807) is 4.90 Å². The molecule has 4 rings (SSSR count). The number of fused-ring (bicyclic) bond motifs is 2. The van der Waals surface area contributed by atoms with Gasteiger partial charge in [-0.3, -0.25) is 4.79 Å². The van der Waals surface area contributed by atoms with Crippen LogP contribution in [0.15, 0.2) is 28.8 Å². The first-order valence-corrected chi connectivity index (χ1v) is 9.72. The van der Waals surface area contributed by atoms with Crippen LogP contribution in [0.4, 0.5) is 4.79 Å². The zero-order valence-electron chi connectivity index (χ0n) is 17.0. The first-order valence-electron chi connectivity index (χ1n) is 9.72. The number of hydrogen-bond donors (Lipinski definition) is 1. The third kappa shape index (κ3) is 3.34. The van der Waals surface area contributed by atoms with Gasteiger partial charge >= 0.3 is 6.09 Å². The molecule has 1 N–H and O–H groups in total. The summed E-state index contributed by atoms with van der Waals surface area (Å²) in [4.78, 5) is 26.8. The number of benzene rings is 1. The van der Waals surface area contributed by atoms with Crippen LogP contribution in [-0.4, -0.2) is 40.7 Å². The van der Waals surface area contributed by atoms with Crippen molar-refractivity contribution in [2.24, 2.45) is 17.8 Å². The maximum atomic E-state index is 12.9. The topological polar surface area (TPSA) is 84.7 Å². The maximum absolute atomic E-state index is 12.9. The van der Waals surface area contributed by atoms with E-state index in [-0.39, 0.29) is 29.8 Å². The number of carbonyl (C=O) groups is 2. The number of para-hydroxylation sites is 1. The van der Waals surface area contributed by atoms with Crippen molar-refractivity contribution in [3.05, 3.63) is 30.0 Å². The predicted molar refractivity (Wildman–Crippen MR) is 103 cm³/mol. The first kappa shape index (κ1) is 18.8. The second-order valence-electron chi connectivity index (χ2n) is 9.38. The van der Waals surface area contributed by atoms with Gasteiger partial charge in [-0.2, -0.15) is 0 Å². The summed E-state index contributed by atoms with van der Waals surface area (Å²) in [5.41, 5.74) is 0.268. The van der Waals surface area contributed by atoms with Crippen LogP contribution in [-0.2, 0) is 15.1 Å². The van der Waals surface area contributed by atoms with Crippen LogP contribution in [0, 0.1) is 17.8 Å². The predicted octanol–water partition coefficient (Wildman–Crippen LogP) is 3.29. The summed E-state index contributed by atoms with van der Waals surface area (Å²) in [6.07, 6.45) is -0.298. The average molecular weight is 385 g/mol. The fourth-order valence-corrected chi connectivity index (χ4v) is 4.18. The molecule has 2 amide bonds. The molecule has 0 radical (unpaired) electrons. The highest BCUT2D eigenvalue weighted by Crippen LogP contribution is 2.52. The van der Waals surface area contributed by atoms with Gasteiger partial charge in [-0.25, -0.2) is 4.79 Å². The van der Waals surface area contributed by atoms with Gasteiger partial charge in [0, 0.05) is 24.4 Å². The van der Waals surface area contributed by atoms with Crippen molar-refractivity contribution in [2.45, 2.75) is 45.8 Å². The second-order valence-corrected chi connectivity index (χ2v) is 9.38. The molecule has 7 heteroatoms. The number of aromatic nitrogens is 1. The van der Waals surface area contributed by atoms with E-state index in [0.29, 0.717) is 18.7 Å². The molecule has 2 aromatic rings. The molecule has 2 fully saturated rings. The standard InChI is InChI=1S/C21H27N3O4/c1-20(2,3)27-19(26)24-10-13-14(11-24)16(13)18(25)22-21(4,5)17-12-8-6-7-9-15(12)28-23-17/h6-9,13-14,16H,10-11H2,1-5H3,(H,22,25)/t13-,14?,16?/m0/s1. The van der Waals surface area contributed by atoms with Crippen LogP contribution in [0.1, 0.15) is 40.3 Å². The molecule has 3 atom stereocenters. The van der Waals surface area contributed by atoms with Gasteiger partial charge in [0.15, 0.2) is 5.58 Å². The monoisotopic (exact) mass is 385 g/mol. The molecule has 2 heterocycles. The molecule has 1 aromatic heterocycles. The maximum Gasteiger partial charge on any atom is 0.410 e. The van der Waals surface area contributed by atoms with Gasteiger partial charge in [-0.15, -0.1) is 0 Å². The fraction of sp³-hybridized carbons (Fsp3) is 0.571. The van der Waals surface area contributed by atoms with Crippen LogP contribution < -0.4 is 5.32 Å². The van der Waals surface area contributed by atoms with Gasteiger partial charge in [0.1, 0.15) is 11.3 Å². The molecule has 1 aromatic carbocycles. The van der Waals surface area contributed by atoms with Gasteiger partial charge in [0.2, 0.25) is 5.91 Å². The molecule has 1 saturated heterocycles. The van der Waals surface area contributed by atoms with Crippen LogP contribution in [0.3, 0.4) is 0 Å². The Morgan fingerprint density at radius 1 is 1.14 bits per heavy atom. The van der Waals surface area contributed by atoms with Gasteiger partial charge in [0.25, 0.3) is 0 Å². The highest BCUT2D eigenvalue weighted by Gasteiger charge is 2.61. The van der Waals surface area contributed by atoms with Crippen LogP contribution in [0.25, 0.3) is 11.0 Å². The Bertz CT molecular complexity index is 915. The lowest BCUT2D eigenvalue weighted by Gasteiger charge is -2.27. The molecule has 28 heavy (non-hydrogen) atoms. The number of likely N-dealkylation sites (tertiary alicyclic amines) is 1. The molecule has 0 spiro atoms. The average Bonchev–Trinajstić information content (AvgIpc) is 2.96. The summed E-state index contributed by atoms with van der Waals surface area (Å²) in [7, 11) is 0. The third-order valence-electron chi connectivity index (χ3n) is 5.55. The first-order chi connectivity index (χ1) is 13.1. The lowest BCUT2D eigenvalue weighted by molar-refractivity contribution is -0.125. The number of rotatable bonds is 3. The summed E-state index contributed by atoms with van der Waals surface area (Å²) in [5, 5.41) is 8.21. The van der Waals surface area contributed by atoms with Crippen molar-refractivity contribution < 1.29 is 18.8 Å². The van der Waals surface area contributed by atoms with Crippen molar-refractivity contribution in [1.82, 2.24) is 15.4 Å². The number of hydrogen-bond acceptors (Lipinski definition) is 5. The number of ether oxygens (including phenoxy) is 1. The molecular weight excluding hydrogens is 358 g/mol. The number of amides is 2. The van der Waals surface area contributed by atoms with Gasteiger partial charge in [0.05, 0.1) is 5.54 Å². The van der Waals surface area contributed by atoms with Crippen molar-refractivity contribution in [1.29, 1.82) is 0 Å². The summed E-state index contributed by atoms with van der Waals surface area (Å²) >= 11 is 0.